The molecule has 0 saturated carbocycles. The van der Waals surface area contributed by atoms with Gasteiger partial charge in [-0.1, -0.05) is 29.8 Å². The van der Waals surface area contributed by atoms with E-state index in [1.165, 1.54) is 11.1 Å². The van der Waals surface area contributed by atoms with Crippen molar-refractivity contribution in [2.24, 2.45) is 0 Å². The molecule has 4 heteroatoms. The average molecular weight is 285 g/mol. The van der Waals surface area contributed by atoms with Gasteiger partial charge in [-0.15, -0.1) is 0 Å². The first-order valence-electron chi connectivity index (χ1n) is 7.46. The maximum absolute atomic E-state index is 12.1. The Morgan fingerprint density at radius 2 is 1.86 bits per heavy atom. The molecular weight excluding hydrogens is 266 g/mol. The summed E-state index contributed by atoms with van der Waals surface area (Å²) >= 11 is 0. The molecule has 1 aliphatic heterocycles. The number of allylic oxidation sites excluding steroid dienone is 1. The van der Waals surface area contributed by atoms with Gasteiger partial charge in [0, 0.05) is 25.1 Å². The quantitative estimate of drug-likeness (QED) is 0.795. The summed E-state index contributed by atoms with van der Waals surface area (Å²) in [5, 5.41) is 0. The minimum atomic E-state index is -0.232. The molecule has 1 saturated heterocycles. The maximum Gasteiger partial charge on any atom is 0.409 e. The summed E-state index contributed by atoms with van der Waals surface area (Å²) in [7, 11) is 0. The predicted octanol–water partition coefficient (Wildman–Crippen LogP) is 3.28. The molecule has 1 amide bonds. The van der Waals surface area contributed by atoms with Gasteiger partial charge < -0.3 is 9.64 Å². The molecule has 1 heterocycles. The molecule has 0 aromatic heterocycles. The largest absolute Gasteiger partial charge is 0.450 e. The third-order valence-corrected chi connectivity index (χ3v) is 4.21. The molecule has 0 unspecified atom stereocenters. The van der Waals surface area contributed by atoms with Crippen LogP contribution in [0.15, 0.2) is 29.8 Å². The number of hydrogen-bond donors (Lipinski definition) is 0. The molecule has 0 spiro atoms. The summed E-state index contributed by atoms with van der Waals surface area (Å²) in [6.07, 6.45) is 1.93. The average Bonchev–Trinajstić information content (AvgIpc) is 2.85. The Bertz CT molecular complexity index is 608. The third kappa shape index (κ3) is 2.58. The predicted molar refractivity (Wildman–Crippen MR) is 80.1 cm³/mol. The summed E-state index contributed by atoms with van der Waals surface area (Å²) in [5.41, 5.74) is 4.42. The van der Waals surface area contributed by atoms with E-state index >= 15 is 0 Å². The molecule has 1 fully saturated rings. The van der Waals surface area contributed by atoms with Crippen LogP contribution in [0.3, 0.4) is 0 Å². The number of hydrogen-bond acceptors (Lipinski definition) is 3. The molecule has 0 atom stereocenters. The standard InChI is InChI=1S/C17H19NO3/c1-2-21-17(20)18-9-7-12(8-10-18)15-11-16(19)14-6-4-3-5-13(14)15/h3-6H,2,7-11H2,1H3. The highest BCUT2D eigenvalue weighted by molar-refractivity contribution is 6.12. The van der Waals surface area contributed by atoms with E-state index < -0.39 is 0 Å². The van der Waals surface area contributed by atoms with Crippen molar-refractivity contribution in [2.75, 3.05) is 19.7 Å². The molecule has 3 rings (SSSR count). The zero-order chi connectivity index (χ0) is 14.8. The fourth-order valence-corrected chi connectivity index (χ4v) is 3.13. The van der Waals surface area contributed by atoms with Crippen LogP contribution in [-0.4, -0.2) is 36.5 Å². The van der Waals surface area contributed by atoms with E-state index in [-0.39, 0.29) is 11.9 Å². The fraction of sp³-hybridized carbons (Fsp3) is 0.412. The van der Waals surface area contributed by atoms with Crippen molar-refractivity contribution >= 4 is 17.4 Å². The van der Waals surface area contributed by atoms with Crippen molar-refractivity contribution in [3.63, 3.8) is 0 Å². The van der Waals surface area contributed by atoms with Gasteiger partial charge in [-0.25, -0.2) is 4.79 Å². The number of rotatable bonds is 1. The highest BCUT2D eigenvalue weighted by Gasteiger charge is 2.28. The lowest BCUT2D eigenvalue weighted by Crippen LogP contribution is -2.36. The lowest BCUT2D eigenvalue weighted by molar-refractivity contribution is 0.0999. The van der Waals surface area contributed by atoms with Gasteiger partial charge in [0.25, 0.3) is 0 Å². The van der Waals surface area contributed by atoms with Crippen LogP contribution in [0.2, 0.25) is 0 Å². The topological polar surface area (TPSA) is 46.6 Å². The highest BCUT2D eigenvalue weighted by atomic mass is 16.6. The van der Waals surface area contributed by atoms with Gasteiger partial charge in [0.1, 0.15) is 0 Å². The van der Waals surface area contributed by atoms with Crippen LogP contribution in [-0.2, 0) is 4.74 Å². The Hall–Kier alpha value is -2.10. The Kier molecular flexibility index (Phi) is 3.78. The monoisotopic (exact) mass is 285 g/mol. The molecule has 2 aliphatic rings. The van der Waals surface area contributed by atoms with Gasteiger partial charge in [-0.2, -0.15) is 0 Å². The van der Waals surface area contributed by atoms with Crippen molar-refractivity contribution in [3.05, 3.63) is 41.0 Å². The van der Waals surface area contributed by atoms with Gasteiger partial charge in [0.2, 0.25) is 0 Å². The molecule has 1 aliphatic carbocycles. The summed E-state index contributed by atoms with van der Waals surface area (Å²) in [5.74, 6) is 0.209. The summed E-state index contributed by atoms with van der Waals surface area (Å²) in [4.78, 5) is 25.5. The van der Waals surface area contributed by atoms with Gasteiger partial charge in [0.15, 0.2) is 5.78 Å². The minimum Gasteiger partial charge on any atom is -0.450 e. The summed E-state index contributed by atoms with van der Waals surface area (Å²) in [6, 6.07) is 7.82. The maximum atomic E-state index is 12.1. The number of fused-ring (bicyclic) bond motifs is 1. The second kappa shape index (κ2) is 5.72. The van der Waals surface area contributed by atoms with Crippen molar-refractivity contribution < 1.29 is 14.3 Å². The van der Waals surface area contributed by atoms with E-state index in [9.17, 15) is 9.59 Å². The molecule has 1 aromatic rings. The number of amides is 1. The van der Waals surface area contributed by atoms with Gasteiger partial charge in [0.05, 0.1) is 6.61 Å². The number of Topliss-reactive ketones (excluding diaryl/α,β-unsaturated/α-hetero) is 1. The second-order valence-corrected chi connectivity index (χ2v) is 5.41. The van der Waals surface area contributed by atoms with Crippen LogP contribution in [0.4, 0.5) is 4.79 Å². The van der Waals surface area contributed by atoms with E-state index in [0.717, 1.165) is 24.0 Å². The number of ketones is 1. The van der Waals surface area contributed by atoms with Crippen molar-refractivity contribution in [1.29, 1.82) is 0 Å². The van der Waals surface area contributed by atoms with E-state index in [1.807, 2.05) is 31.2 Å². The number of benzene rings is 1. The Morgan fingerprint density at radius 3 is 2.52 bits per heavy atom. The van der Waals surface area contributed by atoms with Crippen LogP contribution >= 0.6 is 0 Å². The van der Waals surface area contributed by atoms with E-state index in [4.69, 9.17) is 4.74 Å². The number of carbonyl (C=O) groups is 2. The fourth-order valence-electron chi connectivity index (χ4n) is 3.13. The third-order valence-electron chi connectivity index (χ3n) is 4.21. The summed E-state index contributed by atoms with van der Waals surface area (Å²) < 4.78 is 5.03. The molecule has 110 valence electrons. The number of likely N-dealkylation sites (tertiary alicyclic amines) is 1. The van der Waals surface area contributed by atoms with E-state index in [0.29, 0.717) is 26.1 Å². The molecule has 4 nitrogen and oxygen atoms in total. The normalized spacial score (nSPS) is 18.0. The molecular formula is C17H19NO3. The number of ether oxygens (including phenoxy) is 1. The molecule has 0 radical (unpaired) electrons. The highest BCUT2D eigenvalue weighted by Crippen LogP contribution is 2.37. The first-order valence-corrected chi connectivity index (χ1v) is 7.46. The van der Waals surface area contributed by atoms with Crippen LogP contribution in [0.1, 0.15) is 42.1 Å². The number of piperidine rings is 1. The Morgan fingerprint density at radius 1 is 1.19 bits per heavy atom. The zero-order valence-corrected chi connectivity index (χ0v) is 12.2. The van der Waals surface area contributed by atoms with Crippen LogP contribution in [0, 0.1) is 0 Å². The minimum absolute atomic E-state index is 0.209. The number of nitrogens with zero attached hydrogens (tertiary/aromatic N) is 1. The van der Waals surface area contributed by atoms with Gasteiger partial charge in [-0.05, 0) is 30.9 Å². The molecule has 1 aromatic carbocycles. The lowest BCUT2D eigenvalue weighted by Gasteiger charge is -2.28. The van der Waals surface area contributed by atoms with Crippen LogP contribution < -0.4 is 0 Å². The molecule has 21 heavy (non-hydrogen) atoms. The van der Waals surface area contributed by atoms with E-state index in [1.54, 1.807) is 4.90 Å². The van der Waals surface area contributed by atoms with Crippen LogP contribution in [0.25, 0.3) is 5.57 Å². The number of carbonyl (C=O) groups excluding carboxylic acids is 2. The first-order chi connectivity index (χ1) is 10.2. The summed E-state index contributed by atoms with van der Waals surface area (Å²) in [6.45, 7) is 3.57. The van der Waals surface area contributed by atoms with Gasteiger partial charge >= 0.3 is 6.09 Å². The molecule has 0 bridgehead atoms. The molecule has 0 N–H and O–H groups in total. The van der Waals surface area contributed by atoms with E-state index in [2.05, 4.69) is 0 Å². The van der Waals surface area contributed by atoms with Crippen molar-refractivity contribution in [3.8, 4) is 0 Å². The van der Waals surface area contributed by atoms with Crippen molar-refractivity contribution in [2.45, 2.75) is 26.2 Å². The first kappa shape index (κ1) is 13.9. The second-order valence-electron chi connectivity index (χ2n) is 5.41. The van der Waals surface area contributed by atoms with Gasteiger partial charge in [-0.3, -0.25) is 4.79 Å². The SMILES string of the molecule is CCOC(=O)N1CCC(=C2CC(=O)c3ccccc32)CC1. The smallest absolute Gasteiger partial charge is 0.409 e. The van der Waals surface area contributed by atoms with Crippen molar-refractivity contribution in [1.82, 2.24) is 4.90 Å². The lowest BCUT2D eigenvalue weighted by atomic mass is 9.94. The Labute approximate surface area is 124 Å². The zero-order valence-electron chi connectivity index (χ0n) is 12.2. The Balaban J connectivity index is 1.78. The van der Waals surface area contributed by atoms with Crippen LogP contribution in [0.5, 0.6) is 0 Å².